The highest BCUT2D eigenvalue weighted by atomic mass is 79.9. The molecule has 1 N–H and O–H groups in total. The van der Waals surface area contributed by atoms with E-state index < -0.39 is 5.97 Å². The van der Waals surface area contributed by atoms with Gasteiger partial charge in [0.15, 0.2) is 0 Å². The van der Waals surface area contributed by atoms with Gasteiger partial charge in [-0.05, 0) is 54.5 Å². The number of rotatable bonds is 4. The normalized spacial score (nSPS) is 16.7. The van der Waals surface area contributed by atoms with E-state index in [-0.39, 0.29) is 0 Å². The molecule has 0 saturated heterocycles. The molecule has 22 heavy (non-hydrogen) atoms. The van der Waals surface area contributed by atoms with Crippen molar-refractivity contribution < 1.29 is 14.6 Å². The lowest BCUT2D eigenvalue weighted by molar-refractivity contribution is 0.0695. The molecule has 2 heterocycles. The minimum Gasteiger partial charge on any atom is -0.493 e. The number of halogens is 1. The SMILES string of the molecule is O=C(O)c1ccncc1CCC1CCOc2cc(Br)ccc21. The van der Waals surface area contributed by atoms with Gasteiger partial charge in [0, 0.05) is 16.9 Å². The van der Waals surface area contributed by atoms with Gasteiger partial charge in [0.1, 0.15) is 5.75 Å². The molecule has 2 aromatic rings. The maximum atomic E-state index is 11.3. The molecule has 1 aliphatic rings. The van der Waals surface area contributed by atoms with Gasteiger partial charge in [-0.15, -0.1) is 0 Å². The highest BCUT2D eigenvalue weighted by Crippen LogP contribution is 2.38. The molecular weight excluding hydrogens is 346 g/mol. The first-order chi connectivity index (χ1) is 10.6. The minimum atomic E-state index is -0.895. The molecule has 1 aliphatic heterocycles. The summed E-state index contributed by atoms with van der Waals surface area (Å²) in [6, 6.07) is 7.67. The molecule has 5 heteroatoms. The summed E-state index contributed by atoms with van der Waals surface area (Å²) in [4.78, 5) is 15.3. The largest absolute Gasteiger partial charge is 0.493 e. The van der Waals surface area contributed by atoms with Crippen LogP contribution in [0.3, 0.4) is 0 Å². The van der Waals surface area contributed by atoms with Crippen LogP contribution in [-0.4, -0.2) is 22.7 Å². The van der Waals surface area contributed by atoms with E-state index >= 15 is 0 Å². The van der Waals surface area contributed by atoms with E-state index in [1.807, 2.05) is 12.1 Å². The number of carboxylic acids is 1. The van der Waals surface area contributed by atoms with Crippen molar-refractivity contribution in [2.75, 3.05) is 6.61 Å². The molecule has 0 bridgehead atoms. The molecule has 3 rings (SSSR count). The summed E-state index contributed by atoms with van der Waals surface area (Å²) in [7, 11) is 0. The number of hydrogen-bond donors (Lipinski definition) is 1. The van der Waals surface area contributed by atoms with Gasteiger partial charge in [-0.2, -0.15) is 0 Å². The Balaban J connectivity index is 1.77. The molecule has 0 radical (unpaired) electrons. The van der Waals surface area contributed by atoms with Crippen molar-refractivity contribution in [2.24, 2.45) is 0 Å². The highest BCUT2D eigenvalue weighted by Gasteiger charge is 2.22. The van der Waals surface area contributed by atoms with Gasteiger partial charge in [0.05, 0.1) is 12.2 Å². The standard InChI is InChI=1S/C17H16BrNO3/c18-13-3-4-14-11(6-8-22-16(14)9-13)1-2-12-10-19-7-5-15(12)17(20)21/h3-5,7,9-11H,1-2,6,8H2,(H,20,21). The Morgan fingerprint density at radius 1 is 1.41 bits per heavy atom. The molecule has 114 valence electrons. The second-order valence-corrected chi connectivity index (χ2v) is 6.31. The van der Waals surface area contributed by atoms with Crippen molar-refractivity contribution in [3.63, 3.8) is 0 Å². The van der Waals surface area contributed by atoms with Crippen molar-refractivity contribution in [1.29, 1.82) is 0 Å². The lowest BCUT2D eigenvalue weighted by Gasteiger charge is -2.26. The monoisotopic (exact) mass is 361 g/mol. The maximum Gasteiger partial charge on any atom is 0.336 e. The fraction of sp³-hybridized carbons (Fsp3) is 0.294. The van der Waals surface area contributed by atoms with Gasteiger partial charge >= 0.3 is 5.97 Å². The molecular formula is C17H16BrNO3. The summed E-state index contributed by atoms with van der Waals surface area (Å²) >= 11 is 3.46. The number of carboxylic acid groups (broad SMARTS) is 1. The Kier molecular flexibility index (Phi) is 4.43. The third-order valence-corrected chi connectivity index (χ3v) is 4.53. The van der Waals surface area contributed by atoms with Crippen LogP contribution in [0.1, 0.15) is 40.2 Å². The van der Waals surface area contributed by atoms with Crippen LogP contribution in [-0.2, 0) is 6.42 Å². The number of fused-ring (bicyclic) bond motifs is 1. The van der Waals surface area contributed by atoms with Gasteiger partial charge in [-0.25, -0.2) is 4.79 Å². The zero-order chi connectivity index (χ0) is 15.5. The summed E-state index contributed by atoms with van der Waals surface area (Å²) in [6.07, 6.45) is 5.73. The maximum absolute atomic E-state index is 11.3. The summed E-state index contributed by atoms with van der Waals surface area (Å²) < 4.78 is 6.72. The van der Waals surface area contributed by atoms with Crippen LogP contribution < -0.4 is 4.74 Å². The van der Waals surface area contributed by atoms with E-state index in [4.69, 9.17) is 4.74 Å². The van der Waals surface area contributed by atoms with E-state index in [2.05, 4.69) is 27.0 Å². The summed E-state index contributed by atoms with van der Waals surface area (Å²) in [5, 5.41) is 9.24. The molecule has 0 saturated carbocycles. The lowest BCUT2D eigenvalue weighted by Crippen LogP contribution is -2.15. The highest BCUT2D eigenvalue weighted by molar-refractivity contribution is 9.10. The molecule has 1 atom stereocenters. The number of benzene rings is 1. The first-order valence-corrected chi connectivity index (χ1v) is 8.03. The topological polar surface area (TPSA) is 59.4 Å². The first-order valence-electron chi connectivity index (χ1n) is 7.23. The van der Waals surface area contributed by atoms with Crippen molar-refractivity contribution >= 4 is 21.9 Å². The molecule has 1 aromatic carbocycles. The Morgan fingerprint density at radius 2 is 2.27 bits per heavy atom. The number of nitrogens with zero attached hydrogens (tertiary/aromatic N) is 1. The number of aryl methyl sites for hydroxylation is 1. The molecule has 0 fully saturated rings. The van der Waals surface area contributed by atoms with E-state index in [0.717, 1.165) is 28.6 Å². The summed E-state index contributed by atoms with van der Waals surface area (Å²) in [5.74, 6) is 0.419. The molecule has 0 amide bonds. The second-order valence-electron chi connectivity index (χ2n) is 5.39. The molecule has 1 unspecified atom stereocenters. The van der Waals surface area contributed by atoms with Crippen molar-refractivity contribution in [1.82, 2.24) is 4.98 Å². The van der Waals surface area contributed by atoms with E-state index in [9.17, 15) is 9.90 Å². The van der Waals surface area contributed by atoms with Gasteiger partial charge < -0.3 is 9.84 Å². The van der Waals surface area contributed by atoms with Crippen LogP contribution >= 0.6 is 15.9 Å². The lowest BCUT2D eigenvalue weighted by atomic mass is 9.87. The van der Waals surface area contributed by atoms with Gasteiger partial charge in [0.2, 0.25) is 0 Å². The number of aromatic nitrogens is 1. The number of hydrogen-bond acceptors (Lipinski definition) is 3. The molecule has 4 nitrogen and oxygen atoms in total. The van der Waals surface area contributed by atoms with Crippen LogP contribution in [0, 0.1) is 0 Å². The van der Waals surface area contributed by atoms with Crippen molar-refractivity contribution in [3.05, 3.63) is 57.8 Å². The van der Waals surface area contributed by atoms with Crippen LogP contribution in [0.15, 0.2) is 41.1 Å². The zero-order valence-corrected chi connectivity index (χ0v) is 13.5. The van der Waals surface area contributed by atoms with Crippen molar-refractivity contribution in [3.8, 4) is 5.75 Å². The Bertz CT molecular complexity index is 702. The predicted octanol–water partition coefficient (Wildman–Crippen LogP) is 4.04. The van der Waals surface area contributed by atoms with Gasteiger partial charge in [-0.1, -0.05) is 22.0 Å². The average Bonchev–Trinajstić information content (AvgIpc) is 2.52. The first kappa shape index (κ1) is 15.0. The Morgan fingerprint density at radius 3 is 3.09 bits per heavy atom. The van der Waals surface area contributed by atoms with E-state index in [1.54, 1.807) is 12.3 Å². The van der Waals surface area contributed by atoms with Crippen LogP contribution in [0.5, 0.6) is 5.75 Å². The fourth-order valence-electron chi connectivity index (χ4n) is 2.90. The van der Waals surface area contributed by atoms with Gasteiger partial charge in [0.25, 0.3) is 0 Å². The van der Waals surface area contributed by atoms with E-state index in [0.29, 0.717) is 24.5 Å². The number of ether oxygens (including phenoxy) is 1. The Labute approximate surface area is 137 Å². The third-order valence-electron chi connectivity index (χ3n) is 4.04. The Hall–Kier alpha value is -1.88. The second kappa shape index (κ2) is 6.48. The van der Waals surface area contributed by atoms with Crippen LogP contribution in [0.4, 0.5) is 0 Å². The number of pyridine rings is 1. The number of carbonyl (C=O) groups is 1. The minimum absolute atomic E-state index is 0.345. The molecule has 0 spiro atoms. The summed E-state index contributed by atoms with van der Waals surface area (Å²) in [5.41, 5.74) is 2.34. The third kappa shape index (κ3) is 3.14. The zero-order valence-electron chi connectivity index (χ0n) is 12.0. The van der Waals surface area contributed by atoms with Crippen molar-refractivity contribution in [2.45, 2.75) is 25.2 Å². The quantitative estimate of drug-likeness (QED) is 0.892. The predicted molar refractivity (Wildman–Crippen MR) is 86.5 cm³/mol. The van der Waals surface area contributed by atoms with Crippen LogP contribution in [0.2, 0.25) is 0 Å². The van der Waals surface area contributed by atoms with Gasteiger partial charge in [-0.3, -0.25) is 4.98 Å². The molecule has 0 aliphatic carbocycles. The molecule has 1 aromatic heterocycles. The van der Waals surface area contributed by atoms with E-state index in [1.165, 1.54) is 11.8 Å². The van der Waals surface area contributed by atoms with Crippen LogP contribution in [0.25, 0.3) is 0 Å². The average molecular weight is 362 g/mol. The summed E-state index contributed by atoms with van der Waals surface area (Å²) in [6.45, 7) is 0.701. The fourth-order valence-corrected chi connectivity index (χ4v) is 3.24. The number of aromatic carboxylic acids is 1. The smallest absolute Gasteiger partial charge is 0.336 e.